The number of hydrogen-bond acceptors (Lipinski definition) is 5. The number of para-hydroxylation sites is 1. The lowest BCUT2D eigenvalue weighted by atomic mass is 10.1. The summed E-state index contributed by atoms with van der Waals surface area (Å²) in [5, 5.41) is 9.51. The molecule has 4 aromatic rings. The first-order chi connectivity index (χ1) is 14.7. The molecule has 0 aliphatic carbocycles. The van der Waals surface area contributed by atoms with Gasteiger partial charge in [0.05, 0.1) is 16.4 Å². The number of aromatic amines is 2. The number of rotatable bonds is 5. The third kappa shape index (κ3) is 3.68. The number of benzene rings is 2. The van der Waals surface area contributed by atoms with Crippen molar-refractivity contribution < 1.29 is 0 Å². The van der Waals surface area contributed by atoms with Gasteiger partial charge < -0.3 is 9.88 Å². The number of nitrogens with zero attached hydrogens (tertiary/aromatic N) is 4. The van der Waals surface area contributed by atoms with Crippen LogP contribution in [0.25, 0.3) is 21.8 Å². The summed E-state index contributed by atoms with van der Waals surface area (Å²) in [5.41, 5.74) is 2.89. The van der Waals surface area contributed by atoms with E-state index < -0.39 is 0 Å². The fourth-order valence-electron chi connectivity index (χ4n) is 4.26. The van der Waals surface area contributed by atoms with E-state index in [1.807, 2.05) is 31.2 Å². The van der Waals surface area contributed by atoms with Crippen molar-refractivity contribution in [2.75, 3.05) is 37.6 Å². The van der Waals surface area contributed by atoms with E-state index in [9.17, 15) is 4.79 Å². The molecule has 3 heterocycles. The van der Waals surface area contributed by atoms with E-state index in [1.165, 1.54) is 5.39 Å². The molecule has 0 spiro atoms. The van der Waals surface area contributed by atoms with Crippen LogP contribution in [-0.2, 0) is 6.42 Å². The zero-order valence-corrected chi connectivity index (χ0v) is 17.2. The predicted octanol–water partition coefficient (Wildman–Crippen LogP) is 2.86. The van der Waals surface area contributed by atoms with Gasteiger partial charge >= 0.3 is 0 Å². The third-order valence-corrected chi connectivity index (χ3v) is 5.92. The molecule has 5 rings (SSSR count). The number of nitrogens with one attached hydrogen (secondary N) is 2. The van der Waals surface area contributed by atoms with E-state index in [0.29, 0.717) is 5.39 Å². The average molecular weight is 403 g/mol. The standard InChI is InChI=1S/C23H26N6O/c1-16-8-9-19-18(15-16)23(30)25-21(24-19)7-4-10-28-11-13-29(14-12-28)22-17-5-2-3-6-20(17)26-27-22/h2-3,5-6,8-9,15H,4,7,10-14H2,1H3,(H,26,27)(H,24,25,30). The lowest BCUT2D eigenvalue weighted by Crippen LogP contribution is -2.46. The van der Waals surface area contributed by atoms with Crippen molar-refractivity contribution in [1.82, 2.24) is 25.1 Å². The van der Waals surface area contributed by atoms with Gasteiger partial charge in [-0.25, -0.2) is 4.98 Å². The van der Waals surface area contributed by atoms with Gasteiger partial charge in [-0.05, 0) is 44.2 Å². The van der Waals surface area contributed by atoms with Gasteiger partial charge in [-0.15, -0.1) is 0 Å². The van der Waals surface area contributed by atoms with Crippen molar-refractivity contribution in [2.24, 2.45) is 0 Å². The quantitative estimate of drug-likeness (QED) is 0.537. The number of anilines is 1. The van der Waals surface area contributed by atoms with Gasteiger partial charge in [0.15, 0.2) is 5.82 Å². The van der Waals surface area contributed by atoms with Crippen molar-refractivity contribution in [3.63, 3.8) is 0 Å². The zero-order chi connectivity index (χ0) is 20.5. The molecule has 7 nitrogen and oxygen atoms in total. The lowest BCUT2D eigenvalue weighted by Gasteiger charge is -2.35. The molecule has 154 valence electrons. The van der Waals surface area contributed by atoms with Gasteiger partial charge in [0.25, 0.3) is 5.56 Å². The topological polar surface area (TPSA) is 80.9 Å². The number of fused-ring (bicyclic) bond motifs is 2. The highest BCUT2D eigenvalue weighted by molar-refractivity contribution is 5.90. The summed E-state index contributed by atoms with van der Waals surface area (Å²) in [4.78, 5) is 24.8. The predicted molar refractivity (Wildman–Crippen MR) is 120 cm³/mol. The highest BCUT2D eigenvalue weighted by Gasteiger charge is 2.20. The van der Waals surface area contributed by atoms with Crippen LogP contribution >= 0.6 is 0 Å². The van der Waals surface area contributed by atoms with E-state index in [-0.39, 0.29) is 5.56 Å². The van der Waals surface area contributed by atoms with Gasteiger partial charge in [0.2, 0.25) is 0 Å². The van der Waals surface area contributed by atoms with Crippen LogP contribution in [0.1, 0.15) is 17.8 Å². The van der Waals surface area contributed by atoms with E-state index >= 15 is 0 Å². The van der Waals surface area contributed by atoms with E-state index in [1.54, 1.807) is 0 Å². The van der Waals surface area contributed by atoms with Crippen LogP contribution in [0.15, 0.2) is 47.3 Å². The minimum Gasteiger partial charge on any atom is -0.352 e. The van der Waals surface area contributed by atoms with Crippen molar-refractivity contribution in [3.8, 4) is 0 Å². The molecule has 2 aromatic heterocycles. The summed E-state index contributed by atoms with van der Waals surface area (Å²) in [6.45, 7) is 6.97. The second-order valence-corrected chi connectivity index (χ2v) is 8.06. The van der Waals surface area contributed by atoms with Gasteiger partial charge in [0.1, 0.15) is 5.82 Å². The summed E-state index contributed by atoms with van der Waals surface area (Å²) < 4.78 is 0. The highest BCUT2D eigenvalue weighted by Crippen LogP contribution is 2.24. The summed E-state index contributed by atoms with van der Waals surface area (Å²) in [6, 6.07) is 14.1. The van der Waals surface area contributed by atoms with Crippen LogP contribution in [0, 0.1) is 6.92 Å². The third-order valence-electron chi connectivity index (χ3n) is 5.92. The maximum Gasteiger partial charge on any atom is 0.258 e. The summed E-state index contributed by atoms with van der Waals surface area (Å²) >= 11 is 0. The van der Waals surface area contributed by atoms with Crippen molar-refractivity contribution in [3.05, 3.63) is 64.2 Å². The Bertz CT molecular complexity index is 1240. The summed E-state index contributed by atoms with van der Waals surface area (Å²) in [6.07, 6.45) is 1.76. The molecule has 0 radical (unpaired) electrons. The van der Waals surface area contributed by atoms with E-state index in [0.717, 1.165) is 73.8 Å². The molecule has 2 aromatic carbocycles. The van der Waals surface area contributed by atoms with Crippen LogP contribution < -0.4 is 10.5 Å². The second-order valence-electron chi connectivity index (χ2n) is 8.06. The lowest BCUT2D eigenvalue weighted by molar-refractivity contribution is 0.254. The Morgan fingerprint density at radius 1 is 1.03 bits per heavy atom. The first-order valence-electron chi connectivity index (χ1n) is 10.6. The molecule has 0 atom stereocenters. The molecular weight excluding hydrogens is 376 g/mol. The molecule has 30 heavy (non-hydrogen) atoms. The largest absolute Gasteiger partial charge is 0.352 e. The highest BCUT2D eigenvalue weighted by atomic mass is 16.1. The molecule has 7 heteroatoms. The Kier molecular flexibility index (Phi) is 4.96. The van der Waals surface area contributed by atoms with Crippen LogP contribution in [-0.4, -0.2) is 57.8 Å². The minimum atomic E-state index is -0.0430. The second kappa shape index (κ2) is 7.91. The van der Waals surface area contributed by atoms with Crippen molar-refractivity contribution in [1.29, 1.82) is 0 Å². The Morgan fingerprint density at radius 2 is 1.87 bits per heavy atom. The van der Waals surface area contributed by atoms with Gasteiger partial charge in [-0.3, -0.25) is 14.8 Å². The van der Waals surface area contributed by atoms with Crippen molar-refractivity contribution >= 4 is 27.6 Å². The Balaban J connectivity index is 1.16. The Morgan fingerprint density at radius 3 is 2.73 bits per heavy atom. The molecule has 1 saturated heterocycles. The normalized spacial score (nSPS) is 15.3. The van der Waals surface area contributed by atoms with Gasteiger partial charge in [-0.2, -0.15) is 5.10 Å². The molecule has 0 saturated carbocycles. The number of piperazine rings is 1. The molecule has 1 aliphatic heterocycles. The fourth-order valence-corrected chi connectivity index (χ4v) is 4.26. The average Bonchev–Trinajstić information content (AvgIpc) is 3.19. The Labute approximate surface area is 174 Å². The molecule has 0 bridgehead atoms. The molecular formula is C23H26N6O. The van der Waals surface area contributed by atoms with Gasteiger partial charge in [0, 0.05) is 38.0 Å². The minimum absolute atomic E-state index is 0.0430. The maximum absolute atomic E-state index is 12.3. The molecule has 1 fully saturated rings. The number of aromatic nitrogens is 4. The summed E-state index contributed by atoms with van der Waals surface area (Å²) in [7, 11) is 0. The van der Waals surface area contributed by atoms with Gasteiger partial charge in [-0.1, -0.05) is 23.8 Å². The van der Waals surface area contributed by atoms with Crippen LogP contribution in [0.4, 0.5) is 5.82 Å². The number of hydrogen-bond donors (Lipinski definition) is 2. The van der Waals surface area contributed by atoms with Crippen LogP contribution in [0.3, 0.4) is 0 Å². The van der Waals surface area contributed by atoms with E-state index in [2.05, 4.69) is 48.2 Å². The maximum atomic E-state index is 12.3. The van der Waals surface area contributed by atoms with Crippen molar-refractivity contribution in [2.45, 2.75) is 19.8 Å². The SMILES string of the molecule is Cc1ccc2nc(CCCN3CCN(c4n[nH]c5ccccc45)CC3)[nH]c(=O)c2c1. The first-order valence-corrected chi connectivity index (χ1v) is 10.6. The molecule has 0 amide bonds. The fraction of sp³-hybridized carbons (Fsp3) is 0.348. The monoisotopic (exact) mass is 402 g/mol. The van der Waals surface area contributed by atoms with E-state index in [4.69, 9.17) is 0 Å². The molecule has 2 N–H and O–H groups in total. The van der Waals surface area contributed by atoms with Crippen LogP contribution in [0.5, 0.6) is 0 Å². The smallest absolute Gasteiger partial charge is 0.258 e. The zero-order valence-electron chi connectivity index (χ0n) is 17.2. The van der Waals surface area contributed by atoms with Crippen LogP contribution in [0.2, 0.25) is 0 Å². The molecule has 1 aliphatic rings. The number of H-pyrrole nitrogens is 2. The molecule has 0 unspecified atom stereocenters. The first kappa shape index (κ1) is 18.8. The number of aryl methyl sites for hydroxylation is 2. The Hall–Kier alpha value is -3.19. The summed E-state index contributed by atoms with van der Waals surface area (Å²) in [5.74, 6) is 1.83.